The van der Waals surface area contributed by atoms with E-state index in [0.29, 0.717) is 5.82 Å². The van der Waals surface area contributed by atoms with Crippen molar-refractivity contribution < 1.29 is 9.84 Å². The van der Waals surface area contributed by atoms with Crippen LogP contribution < -0.4 is 5.73 Å². The third-order valence-corrected chi connectivity index (χ3v) is 4.36. The molecule has 1 aliphatic rings. The molecular formula is C15H18N6O2. The number of nitrogen functional groups attached to an aromatic ring is 1. The SMILES string of the molecule is C[C@H]1C[C@@H](CO)O[C@H]1n1cc(-c2ccn[nH]2)c2c(N)ncnc21. The van der Waals surface area contributed by atoms with Gasteiger partial charge in [-0.15, -0.1) is 0 Å². The standard InChI is InChI=1S/C15H18N6O2/c1-8-4-9(6-22)23-15(8)21-5-10(11-2-3-19-20-11)12-13(16)17-7-18-14(12)21/h2-3,5,7-9,15,22H,4,6H2,1H3,(H,19,20)(H2,16,17,18)/t8-,9-,15+/m0/s1. The van der Waals surface area contributed by atoms with Crippen molar-refractivity contribution in [3.63, 3.8) is 0 Å². The quantitative estimate of drug-likeness (QED) is 0.671. The van der Waals surface area contributed by atoms with E-state index in [4.69, 9.17) is 10.5 Å². The van der Waals surface area contributed by atoms with Crippen LogP contribution in [0.15, 0.2) is 24.8 Å². The molecule has 3 aromatic heterocycles. The minimum absolute atomic E-state index is 0.0184. The lowest BCUT2D eigenvalue weighted by atomic mass is 10.1. The lowest BCUT2D eigenvalue weighted by molar-refractivity contribution is -0.0291. The molecule has 3 aromatic rings. The van der Waals surface area contributed by atoms with Crippen LogP contribution in [0.2, 0.25) is 0 Å². The highest BCUT2D eigenvalue weighted by atomic mass is 16.5. The first-order valence-electron chi connectivity index (χ1n) is 7.56. The van der Waals surface area contributed by atoms with Crippen LogP contribution in [-0.4, -0.2) is 42.5 Å². The van der Waals surface area contributed by atoms with Crippen molar-refractivity contribution in [2.24, 2.45) is 5.92 Å². The molecule has 4 heterocycles. The number of rotatable bonds is 3. The molecule has 120 valence electrons. The van der Waals surface area contributed by atoms with E-state index < -0.39 is 0 Å². The van der Waals surface area contributed by atoms with E-state index in [1.807, 2.05) is 16.8 Å². The zero-order valence-corrected chi connectivity index (χ0v) is 12.7. The number of ether oxygens (including phenoxy) is 1. The molecule has 23 heavy (non-hydrogen) atoms. The van der Waals surface area contributed by atoms with Gasteiger partial charge in [0.15, 0.2) is 0 Å². The van der Waals surface area contributed by atoms with Gasteiger partial charge in [0.05, 0.1) is 23.8 Å². The lowest BCUT2D eigenvalue weighted by Gasteiger charge is -2.18. The maximum Gasteiger partial charge on any atom is 0.148 e. The van der Waals surface area contributed by atoms with Gasteiger partial charge >= 0.3 is 0 Å². The number of anilines is 1. The highest BCUT2D eigenvalue weighted by molar-refractivity contribution is 5.99. The van der Waals surface area contributed by atoms with Crippen LogP contribution in [-0.2, 0) is 4.74 Å². The number of fused-ring (bicyclic) bond motifs is 1. The molecule has 0 spiro atoms. The second-order valence-corrected chi connectivity index (χ2v) is 5.92. The summed E-state index contributed by atoms with van der Waals surface area (Å²) in [6.07, 6.45) is 5.57. The van der Waals surface area contributed by atoms with E-state index in [0.717, 1.165) is 28.7 Å². The number of aromatic amines is 1. The van der Waals surface area contributed by atoms with Crippen molar-refractivity contribution in [2.45, 2.75) is 25.7 Å². The van der Waals surface area contributed by atoms with E-state index in [1.165, 1.54) is 6.33 Å². The molecule has 1 fully saturated rings. The van der Waals surface area contributed by atoms with E-state index >= 15 is 0 Å². The number of nitrogens with zero attached hydrogens (tertiary/aromatic N) is 4. The fourth-order valence-electron chi connectivity index (χ4n) is 3.29. The van der Waals surface area contributed by atoms with Gasteiger partial charge in [-0.1, -0.05) is 6.92 Å². The van der Waals surface area contributed by atoms with Gasteiger partial charge in [0, 0.05) is 23.9 Å². The second-order valence-electron chi connectivity index (χ2n) is 5.92. The average Bonchev–Trinajstić information content (AvgIpc) is 3.25. The smallest absolute Gasteiger partial charge is 0.148 e. The number of nitrogens with one attached hydrogen (secondary N) is 1. The van der Waals surface area contributed by atoms with Gasteiger partial charge in [0.2, 0.25) is 0 Å². The summed E-state index contributed by atoms with van der Waals surface area (Å²) < 4.78 is 7.95. The van der Waals surface area contributed by atoms with Crippen molar-refractivity contribution in [1.29, 1.82) is 0 Å². The van der Waals surface area contributed by atoms with Crippen LogP contribution in [0.3, 0.4) is 0 Å². The molecule has 1 saturated heterocycles. The summed E-state index contributed by atoms with van der Waals surface area (Å²) in [6, 6.07) is 1.88. The molecule has 0 radical (unpaired) electrons. The summed E-state index contributed by atoms with van der Waals surface area (Å²) in [6.45, 7) is 2.12. The molecular weight excluding hydrogens is 296 g/mol. The predicted octanol–water partition coefficient (Wildman–Crippen LogP) is 1.32. The highest BCUT2D eigenvalue weighted by Gasteiger charge is 2.34. The van der Waals surface area contributed by atoms with Crippen LogP contribution in [0.1, 0.15) is 19.6 Å². The second kappa shape index (κ2) is 5.32. The van der Waals surface area contributed by atoms with E-state index in [1.54, 1.807) is 6.20 Å². The number of aromatic nitrogens is 5. The van der Waals surface area contributed by atoms with Crippen molar-refractivity contribution in [2.75, 3.05) is 12.3 Å². The summed E-state index contributed by atoms with van der Waals surface area (Å²) in [5.41, 5.74) is 8.54. The molecule has 1 aliphatic heterocycles. The Bertz CT molecular complexity index is 828. The Kier molecular flexibility index (Phi) is 3.28. The molecule has 0 bridgehead atoms. The molecule has 0 amide bonds. The summed E-state index contributed by atoms with van der Waals surface area (Å²) >= 11 is 0. The third kappa shape index (κ3) is 2.18. The minimum atomic E-state index is -0.194. The maximum absolute atomic E-state index is 9.37. The molecule has 8 heteroatoms. The molecule has 0 aromatic carbocycles. The van der Waals surface area contributed by atoms with Crippen LogP contribution in [0.5, 0.6) is 0 Å². The Balaban J connectivity index is 1.90. The summed E-state index contributed by atoms with van der Waals surface area (Å²) in [7, 11) is 0. The van der Waals surface area contributed by atoms with Crippen molar-refractivity contribution in [3.05, 3.63) is 24.8 Å². The summed E-state index contributed by atoms with van der Waals surface area (Å²) in [5.74, 6) is 0.677. The van der Waals surface area contributed by atoms with Gasteiger partial charge in [0.1, 0.15) is 24.0 Å². The molecule has 0 aliphatic carbocycles. The zero-order valence-electron chi connectivity index (χ0n) is 12.7. The Morgan fingerprint density at radius 3 is 3.04 bits per heavy atom. The average molecular weight is 314 g/mol. The number of nitrogens with two attached hydrogens (primary N) is 1. The Morgan fingerprint density at radius 1 is 1.48 bits per heavy atom. The number of hydrogen-bond acceptors (Lipinski definition) is 6. The topological polar surface area (TPSA) is 115 Å². The Hall–Kier alpha value is -2.45. The summed E-state index contributed by atoms with van der Waals surface area (Å²) in [5, 5.41) is 17.1. The third-order valence-electron chi connectivity index (χ3n) is 4.36. The van der Waals surface area contributed by atoms with E-state index in [-0.39, 0.29) is 24.9 Å². The fourth-order valence-corrected chi connectivity index (χ4v) is 3.29. The largest absolute Gasteiger partial charge is 0.394 e. The fraction of sp³-hybridized carbons (Fsp3) is 0.400. The Morgan fingerprint density at radius 2 is 2.35 bits per heavy atom. The van der Waals surface area contributed by atoms with Crippen molar-refractivity contribution >= 4 is 16.9 Å². The summed E-state index contributed by atoms with van der Waals surface area (Å²) in [4.78, 5) is 8.50. The van der Waals surface area contributed by atoms with Gasteiger partial charge in [0.25, 0.3) is 0 Å². The number of aliphatic hydroxyl groups is 1. The molecule has 4 rings (SSSR count). The first-order valence-corrected chi connectivity index (χ1v) is 7.56. The number of H-pyrrole nitrogens is 1. The first-order chi connectivity index (χ1) is 11.2. The Labute approximate surface area is 132 Å². The first kappa shape index (κ1) is 14.2. The van der Waals surface area contributed by atoms with Gasteiger partial charge in [-0.05, 0) is 12.5 Å². The number of aliphatic hydroxyl groups excluding tert-OH is 1. The monoisotopic (exact) mass is 314 g/mol. The molecule has 0 unspecified atom stereocenters. The normalized spacial score (nSPS) is 24.5. The van der Waals surface area contributed by atoms with Gasteiger partial charge in [-0.2, -0.15) is 5.10 Å². The van der Waals surface area contributed by atoms with E-state index in [9.17, 15) is 5.11 Å². The maximum atomic E-state index is 9.37. The van der Waals surface area contributed by atoms with E-state index in [2.05, 4.69) is 27.1 Å². The van der Waals surface area contributed by atoms with Gasteiger partial charge in [-0.25, -0.2) is 9.97 Å². The van der Waals surface area contributed by atoms with Gasteiger partial charge in [-0.3, -0.25) is 5.10 Å². The molecule has 8 nitrogen and oxygen atoms in total. The van der Waals surface area contributed by atoms with Crippen LogP contribution in [0.4, 0.5) is 5.82 Å². The highest BCUT2D eigenvalue weighted by Crippen LogP contribution is 2.39. The molecule has 3 atom stereocenters. The lowest BCUT2D eigenvalue weighted by Crippen LogP contribution is -2.15. The van der Waals surface area contributed by atoms with Crippen LogP contribution in [0, 0.1) is 5.92 Å². The zero-order chi connectivity index (χ0) is 16.0. The van der Waals surface area contributed by atoms with Crippen LogP contribution in [0.25, 0.3) is 22.3 Å². The van der Waals surface area contributed by atoms with Gasteiger partial charge < -0.3 is 20.1 Å². The predicted molar refractivity (Wildman–Crippen MR) is 84.3 cm³/mol. The van der Waals surface area contributed by atoms with Crippen LogP contribution >= 0.6 is 0 Å². The van der Waals surface area contributed by atoms with Crippen molar-refractivity contribution in [1.82, 2.24) is 24.7 Å². The molecule has 4 N–H and O–H groups in total. The van der Waals surface area contributed by atoms with Crippen molar-refractivity contribution in [3.8, 4) is 11.3 Å². The molecule has 0 saturated carbocycles. The minimum Gasteiger partial charge on any atom is -0.394 e. The number of hydrogen-bond donors (Lipinski definition) is 3.